The van der Waals surface area contributed by atoms with Crippen LogP contribution in [0.4, 0.5) is 0 Å². The maximum Gasteiger partial charge on any atom is 0.337 e. The van der Waals surface area contributed by atoms with Gasteiger partial charge in [0.1, 0.15) is 5.75 Å². The number of aromatic nitrogens is 1. The van der Waals surface area contributed by atoms with E-state index in [9.17, 15) is 9.90 Å². The van der Waals surface area contributed by atoms with E-state index in [1.54, 1.807) is 12.1 Å². The number of rotatable bonds is 3. The van der Waals surface area contributed by atoms with Crippen LogP contribution < -0.4 is 4.43 Å². The van der Waals surface area contributed by atoms with Gasteiger partial charge < -0.3 is 9.53 Å². The molecule has 0 saturated carbocycles. The molecule has 25 heavy (non-hydrogen) atoms. The predicted octanol–water partition coefficient (Wildman–Crippen LogP) is 5.47. The van der Waals surface area contributed by atoms with Gasteiger partial charge >= 0.3 is 5.97 Å². The Labute approximate surface area is 148 Å². The lowest BCUT2D eigenvalue weighted by molar-refractivity contribution is 0.0701. The molecule has 1 N–H and O–H groups in total. The zero-order chi connectivity index (χ0) is 18.4. The van der Waals surface area contributed by atoms with Crippen molar-refractivity contribution in [3.8, 4) is 5.75 Å². The molecule has 0 bridgehead atoms. The van der Waals surface area contributed by atoms with E-state index in [-0.39, 0.29) is 5.04 Å². The quantitative estimate of drug-likeness (QED) is 0.501. The summed E-state index contributed by atoms with van der Waals surface area (Å²) in [5.74, 6) is -0.195. The number of fused-ring (bicyclic) bond motifs is 2. The number of benzene rings is 2. The molecule has 0 unspecified atom stereocenters. The lowest BCUT2D eigenvalue weighted by Crippen LogP contribution is -2.43. The van der Waals surface area contributed by atoms with Crippen LogP contribution in [0.3, 0.4) is 0 Å². The zero-order valence-electron chi connectivity index (χ0n) is 15.3. The number of carboxylic acid groups (broad SMARTS) is 1. The molecule has 130 valence electrons. The normalized spacial score (nSPS) is 12.5. The number of nitrogens with zero attached hydrogens (tertiary/aromatic N) is 1. The van der Waals surface area contributed by atoms with Crippen LogP contribution in [-0.2, 0) is 0 Å². The first-order valence-corrected chi connectivity index (χ1v) is 11.3. The predicted molar refractivity (Wildman–Crippen MR) is 104 cm³/mol. The molecular weight excluding hydrogens is 330 g/mol. The Morgan fingerprint density at radius 1 is 1.04 bits per heavy atom. The summed E-state index contributed by atoms with van der Waals surface area (Å²) in [6, 6.07) is 12.8. The fraction of sp³-hybridized carbons (Fsp3) is 0.300. The van der Waals surface area contributed by atoms with Crippen LogP contribution in [0.1, 0.15) is 31.1 Å². The molecule has 0 atom stereocenters. The van der Waals surface area contributed by atoms with Crippen LogP contribution in [0.2, 0.25) is 18.1 Å². The van der Waals surface area contributed by atoms with Crippen molar-refractivity contribution in [3.63, 3.8) is 0 Å². The molecule has 0 fully saturated rings. The number of carbonyl (C=O) groups is 1. The Kier molecular flexibility index (Phi) is 4.07. The summed E-state index contributed by atoms with van der Waals surface area (Å²) < 4.78 is 6.34. The molecule has 3 aromatic rings. The molecular formula is C20H23NO3Si. The van der Waals surface area contributed by atoms with Crippen LogP contribution >= 0.6 is 0 Å². The fourth-order valence-corrected chi connectivity index (χ4v) is 3.64. The molecule has 1 heterocycles. The van der Waals surface area contributed by atoms with E-state index >= 15 is 0 Å². The standard InChI is InChI=1S/C20H23NO3Si/c1-20(2,3)25(4,5)24-13-10-11-15-17(12-13)21-16-9-7-6-8-14(16)18(15)19(22)23/h6-12H,1-5H3,(H,22,23). The molecule has 0 amide bonds. The number of pyridine rings is 1. The summed E-state index contributed by atoms with van der Waals surface area (Å²) in [5.41, 5.74) is 1.61. The van der Waals surface area contributed by atoms with Gasteiger partial charge in [-0.3, -0.25) is 0 Å². The first kappa shape index (κ1) is 17.4. The molecule has 5 heteroatoms. The Balaban J connectivity index is 2.19. The van der Waals surface area contributed by atoms with Crippen LogP contribution in [0.25, 0.3) is 21.8 Å². The van der Waals surface area contributed by atoms with Crippen molar-refractivity contribution in [2.24, 2.45) is 0 Å². The third kappa shape index (κ3) is 3.12. The number of para-hydroxylation sites is 1. The van der Waals surface area contributed by atoms with Crippen molar-refractivity contribution in [1.29, 1.82) is 0 Å². The highest BCUT2D eigenvalue weighted by Crippen LogP contribution is 2.38. The molecule has 0 spiro atoms. The third-order valence-electron chi connectivity index (χ3n) is 5.05. The minimum absolute atomic E-state index is 0.0883. The summed E-state index contributed by atoms with van der Waals surface area (Å²) in [4.78, 5) is 16.5. The van der Waals surface area contributed by atoms with Gasteiger partial charge in [0.25, 0.3) is 0 Å². The van der Waals surface area contributed by atoms with E-state index in [4.69, 9.17) is 4.43 Å². The van der Waals surface area contributed by atoms with Crippen molar-refractivity contribution in [3.05, 3.63) is 48.0 Å². The lowest BCUT2D eigenvalue weighted by atomic mass is 10.0. The van der Waals surface area contributed by atoms with Crippen molar-refractivity contribution in [2.45, 2.75) is 38.9 Å². The van der Waals surface area contributed by atoms with Gasteiger partial charge in [0.15, 0.2) is 0 Å². The molecule has 0 aliphatic rings. The smallest absolute Gasteiger partial charge is 0.337 e. The Morgan fingerprint density at radius 3 is 2.32 bits per heavy atom. The van der Waals surface area contributed by atoms with Gasteiger partial charge in [-0.05, 0) is 36.3 Å². The minimum Gasteiger partial charge on any atom is -0.543 e. The Bertz CT molecular complexity index is 974. The molecule has 0 radical (unpaired) electrons. The second kappa shape index (κ2) is 5.84. The van der Waals surface area contributed by atoms with Gasteiger partial charge in [-0.25, -0.2) is 9.78 Å². The van der Waals surface area contributed by atoms with Crippen LogP contribution in [0.5, 0.6) is 5.75 Å². The number of aromatic carboxylic acids is 1. The maximum absolute atomic E-state index is 11.8. The van der Waals surface area contributed by atoms with Gasteiger partial charge in [0.05, 0.1) is 16.6 Å². The van der Waals surface area contributed by atoms with Gasteiger partial charge in [0, 0.05) is 16.8 Å². The fourth-order valence-electron chi connectivity index (χ4n) is 2.61. The van der Waals surface area contributed by atoms with Gasteiger partial charge in [-0.1, -0.05) is 39.0 Å². The van der Waals surface area contributed by atoms with E-state index in [2.05, 4.69) is 38.8 Å². The summed E-state index contributed by atoms with van der Waals surface area (Å²) in [6.45, 7) is 10.9. The third-order valence-corrected chi connectivity index (χ3v) is 9.40. The molecule has 1 aromatic heterocycles. The monoisotopic (exact) mass is 353 g/mol. The molecule has 0 aliphatic carbocycles. The highest BCUT2D eigenvalue weighted by atomic mass is 28.4. The van der Waals surface area contributed by atoms with Crippen molar-refractivity contribution in [1.82, 2.24) is 4.98 Å². The van der Waals surface area contributed by atoms with E-state index in [1.807, 2.05) is 30.3 Å². The van der Waals surface area contributed by atoms with Crippen molar-refractivity contribution < 1.29 is 14.3 Å². The second-order valence-electron chi connectivity index (χ2n) is 7.85. The maximum atomic E-state index is 11.8. The average molecular weight is 353 g/mol. The number of carboxylic acids is 1. The van der Waals surface area contributed by atoms with E-state index in [0.29, 0.717) is 27.4 Å². The Hall–Kier alpha value is -2.40. The van der Waals surface area contributed by atoms with Crippen molar-refractivity contribution in [2.75, 3.05) is 0 Å². The second-order valence-corrected chi connectivity index (χ2v) is 12.6. The number of hydrogen-bond donors (Lipinski definition) is 1. The summed E-state index contributed by atoms with van der Waals surface area (Å²) in [5, 5.41) is 11.1. The van der Waals surface area contributed by atoms with Crippen molar-refractivity contribution >= 4 is 36.1 Å². The highest BCUT2D eigenvalue weighted by Gasteiger charge is 2.39. The largest absolute Gasteiger partial charge is 0.543 e. The summed E-state index contributed by atoms with van der Waals surface area (Å²) in [7, 11) is -1.97. The van der Waals surface area contributed by atoms with E-state index in [1.165, 1.54) is 0 Å². The lowest BCUT2D eigenvalue weighted by Gasteiger charge is -2.36. The first-order chi connectivity index (χ1) is 11.6. The van der Waals surface area contributed by atoms with Crippen LogP contribution in [0, 0.1) is 0 Å². The van der Waals surface area contributed by atoms with Crippen LogP contribution in [0.15, 0.2) is 42.5 Å². The minimum atomic E-state index is -1.97. The van der Waals surface area contributed by atoms with Gasteiger partial charge in [0.2, 0.25) is 8.32 Å². The molecule has 0 aliphatic heterocycles. The highest BCUT2D eigenvalue weighted by molar-refractivity contribution is 6.74. The summed E-state index contributed by atoms with van der Waals surface area (Å²) in [6.07, 6.45) is 0. The Morgan fingerprint density at radius 2 is 1.68 bits per heavy atom. The molecule has 2 aromatic carbocycles. The number of hydrogen-bond acceptors (Lipinski definition) is 3. The average Bonchev–Trinajstić information content (AvgIpc) is 2.50. The SMILES string of the molecule is CC(C)(C)[Si](C)(C)Oc1ccc2c(C(=O)O)c3ccccc3nc2c1. The van der Waals surface area contributed by atoms with Crippen LogP contribution in [-0.4, -0.2) is 24.4 Å². The van der Waals surface area contributed by atoms with E-state index in [0.717, 1.165) is 5.75 Å². The van der Waals surface area contributed by atoms with Gasteiger partial charge in [-0.15, -0.1) is 0 Å². The topological polar surface area (TPSA) is 59.4 Å². The molecule has 4 nitrogen and oxygen atoms in total. The zero-order valence-corrected chi connectivity index (χ0v) is 16.3. The molecule has 0 saturated heterocycles. The first-order valence-electron chi connectivity index (χ1n) is 8.35. The summed E-state index contributed by atoms with van der Waals surface area (Å²) >= 11 is 0. The molecule has 3 rings (SSSR count). The van der Waals surface area contributed by atoms with Gasteiger partial charge in [-0.2, -0.15) is 0 Å². The van der Waals surface area contributed by atoms with E-state index < -0.39 is 14.3 Å².